The Morgan fingerprint density at radius 2 is 2.03 bits per heavy atom. The lowest BCUT2D eigenvalue weighted by Crippen LogP contribution is -2.43. The number of alkyl halides is 3. The second-order valence-corrected chi connectivity index (χ2v) is 7.72. The van der Waals surface area contributed by atoms with Crippen molar-refractivity contribution in [2.75, 3.05) is 12.4 Å². The molecule has 3 rings (SSSR count). The highest BCUT2D eigenvalue weighted by molar-refractivity contribution is 6.32. The van der Waals surface area contributed by atoms with Crippen molar-refractivity contribution < 1.29 is 36.6 Å². The number of amides is 2. The van der Waals surface area contributed by atoms with E-state index in [9.17, 15) is 27.2 Å². The van der Waals surface area contributed by atoms with E-state index in [0.717, 1.165) is 13.0 Å². The predicted molar refractivity (Wildman–Crippen MR) is 106 cm³/mol. The SMILES string of the molecule is COc1c([C@H]2C[C@@](C)(C(F)(F)F)O[C@@H]2C(=O)Nc2ccnc(C(N)=O)c2)ccc(F)c1Cl. The molecule has 0 aliphatic carbocycles. The molecule has 172 valence electrons. The smallest absolute Gasteiger partial charge is 0.417 e. The Hall–Kier alpha value is -2.92. The Morgan fingerprint density at radius 3 is 2.62 bits per heavy atom. The van der Waals surface area contributed by atoms with E-state index in [2.05, 4.69) is 10.3 Å². The van der Waals surface area contributed by atoms with Gasteiger partial charge in [0.1, 0.15) is 28.4 Å². The van der Waals surface area contributed by atoms with E-state index in [-0.39, 0.29) is 22.7 Å². The van der Waals surface area contributed by atoms with Crippen LogP contribution in [-0.4, -0.2) is 41.8 Å². The molecule has 1 fully saturated rings. The summed E-state index contributed by atoms with van der Waals surface area (Å²) in [5.74, 6) is -3.98. The summed E-state index contributed by atoms with van der Waals surface area (Å²) in [5, 5.41) is 1.98. The van der Waals surface area contributed by atoms with Gasteiger partial charge in [-0.15, -0.1) is 0 Å². The molecule has 2 heterocycles. The van der Waals surface area contributed by atoms with Crippen LogP contribution in [0.2, 0.25) is 5.02 Å². The molecule has 2 amide bonds. The first-order valence-electron chi connectivity index (χ1n) is 9.21. The van der Waals surface area contributed by atoms with Gasteiger partial charge < -0.3 is 20.5 Å². The number of nitrogens with two attached hydrogens (primary N) is 1. The van der Waals surface area contributed by atoms with E-state index < -0.39 is 52.9 Å². The molecule has 0 spiro atoms. The molecule has 1 aromatic carbocycles. The maximum Gasteiger partial charge on any atom is 0.417 e. The Balaban J connectivity index is 2.01. The second kappa shape index (κ2) is 8.55. The number of pyridine rings is 1. The van der Waals surface area contributed by atoms with Crippen LogP contribution in [0.5, 0.6) is 5.75 Å². The summed E-state index contributed by atoms with van der Waals surface area (Å²) in [6.45, 7) is 0.822. The lowest BCUT2D eigenvalue weighted by atomic mass is 9.86. The maximum atomic E-state index is 13.9. The van der Waals surface area contributed by atoms with Crippen LogP contribution in [0.15, 0.2) is 30.5 Å². The van der Waals surface area contributed by atoms with Crippen molar-refractivity contribution in [3.63, 3.8) is 0 Å². The molecule has 0 radical (unpaired) electrons. The number of carbonyl (C=O) groups excluding carboxylic acids is 2. The number of benzene rings is 1. The molecule has 0 bridgehead atoms. The summed E-state index contributed by atoms with van der Waals surface area (Å²) < 4.78 is 65.4. The number of ether oxygens (including phenoxy) is 2. The third-order valence-electron chi connectivity index (χ3n) is 5.18. The summed E-state index contributed by atoms with van der Waals surface area (Å²) in [5.41, 5.74) is 2.49. The molecular weight excluding hydrogens is 458 g/mol. The standard InChI is InChI=1S/C20H18ClF4N3O4/c1-19(20(23,24)25)8-11(10-3-4-12(22)14(21)15(10)31-2)16(32-19)18(30)28-9-5-6-27-13(7-9)17(26)29/h3-7,11,16H,8H2,1-2H3,(H2,26,29)(H,27,28,30)/t11-,16+,19+/m1/s1. The molecule has 1 aliphatic rings. The van der Waals surface area contributed by atoms with Crippen LogP contribution in [0.1, 0.15) is 35.3 Å². The summed E-state index contributed by atoms with van der Waals surface area (Å²) in [6.07, 6.45) is -5.88. The lowest BCUT2D eigenvalue weighted by molar-refractivity contribution is -0.261. The van der Waals surface area contributed by atoms with Crippen molar-refractivity contribution in [2.24, 2.45) is 5.73 Å². The highest BCUT2D eigenvalue weighted by atomic mass is 35.5. The van der Waals surface area contributed by atoms with Gasteiger partial charge >= 0.3 is 6.18 Å². The Bertz CT molecular complexity index is 1070. The number of nitrogens with one attached hydrogen (secondary N) is 1. The van der Waals surface area contributed by atoms with Gasteiger partial charge in [-0.25, -0.2) is 4.39 Å². The van der Waals surface area contributed by atoms with Crippen LogP contribution >= 0.6 is 11.6 Å². The fraction of sp³-hybridized carbons (Fsp3) is 0.350. The van der Waals surface area contributed by atoms with E-state index in [0.29, 0.717) is 0 Å². The van der Waals surface area contributed by atoms with E-state index in [1.807, 2.05) is 0 Å². The number of carbonyl (C=O) groups is 2. The maximum absolute atomic E-state index is 13.9. The van der Waals surface area contributed by atoms with Crippen molar-refractivity contribution in [2.45, 2.75) is 37.1 Å². The summed E-state index contributed by atoms with van der Waals surface area (Å²) in [4.78, 5) is 28.0. The van der Waals surface area contributed by atoms with E-state index >= 15 is 0 Å². The number of aromatic nitrogens is 1. The first-order valence-corrected chi connectivity index (χ1v) is 9.59. The molecule has 0 saturated carbocycles. The molecule has 3 N–H and O–H groups in total. The minimum absolute atomic E-state index is 0.0749. The van der Waals surface area contributed by atoms with Crippen LogP contribution in [0.3, 0.4) is 0 Å². The van der Waals surface area contributed by atoms with Gasteiger partial charge in [-0.2, -0.15) is 13.2 Å². The molecule has 32 heavy (non-hydrogen) atoms. The van der Waals surface area contributed by atoms with Gasteiger partial charge in [0, 0.05) is 23.4 Å². The van der Waals surface area contributed by atoms with Crippen molar-refractivity contribution in [3.05, 3.63) is 52.6 Å². The average molecular weight is 476 g/mol. The van der Waals surface area contributed by atoms with Crippen LogP contribution in [0.25, 0.3) is 0 Å². The molecule has 12 heteroatoms. The molecular formula is C20H18ClF4N3O4. The highest BCUT2D eigenvalue weighted by Gasteiger charge is 2.61. The van der Waals surface area contributed by atoms with Gasteiger partial charge in [0.05, 0.1) is 7.11 Å². The van der Waals surface area contributed by atoms with E-state index in [1.54, 1.807) is 0 Å². The number of rotatable bonds is 5. The Morgan fingerprint density at radius 1 is 1.34 bits per heavy atom. The predicted octanol–water partition coefficient (Wildman–Crippen LogP) is 3.81. The lowest BCUT2D eigenvalue weighted by Gasteiger charge is -2.27. The summed E-state index contributed by atoms with van der Waals surface area (Å²) in [6, 6.07) is 4.67. The molecule has 7 nitrogen and oxygen atoms in total. The van der Waals surface area contributed by atoms with E-state index in [4.69, 9.17) is 26.8 Å². The minimum Gasteiger partial charge on any atom is -0.495 e. The zero-order valence-electron chi connectivity index (χ0n) is 16.8. The van der Waals surface area contributed by atoms with Gasteiger partial charge in [0.2, 0.25) is 0 Å². The Labute approximate surface area is 184 Å². The topological polar surface area (TPSA) is 104 Å². The minimum atomic E-state index is -4.80. The van der Waals surface area contributed by atoms with E-state index in [1.165, 1.54) is 31.5 Å². The van der Waals surface area contributed by atoms with Gasteiger partial charge in [-0.05, 0) is 31.5 Å². The van der Waals surface area contributed by atoms with Crippen molar-refractivity contribution in [1.29, 1.82) is 0 Å². The van der Waals surface area contributed by atoms with Gasteiger partial charge in [-0.1, -0.05) is 17.7 Å². The third kappa shape index (κ3) is 4.35. The zero-order valence-corrected chi connectivity index (χ0v) is 17.6. The summed E-state index contributed by atoms with van der Waals surface area (Å²) >= 11 is 5.93. The first-order chi connectivity index (χ1) is 14.9. The average Bonchev–Trinajstić information content (AvgIpc) is 3.09. The fourth-order valence-corrected chi connectivity index (χ4v) is 3.78. The number of primary amides is 1. The normalized spacial score (nSPS) is 23.1. The molecule has 2 aromatic rings. The van der Waals surface area contributed by atoms with Crippen LogP contribution in [0, 0.1) is 5.82 Å². The van der Waals surface area contributed by atoms with Crippen LogP contribution < -0.4 is 15.8 Å². The molecule has 1 saturated heterocycles. The van der Waals surface area contributed by atoms with Gasteiger partial charge in [0.15, 0.2) is 5.60 Å². The largest absolute Gasteiger partial charge is 0.495 e. The number of nitrogens with zero attached hydrogens (tertiary/aromatic N) is 1. The van der Waals surface area contributed by atoms with Crippen molar-refractivity contribution >= 4 is 29.1 Å². The highest BCUT2D eigenvalue weighted by Crippen LogP contribution is 2.52. The molecule has 3 atom stereocenters. The zero-order chi connectivity index (χ0) is 23.8. The van der Waals surface area contributed by atoms with Gasteiger partial charge in [-0.3, -0.25) is 14.6 Å². The fourth-order valence-electron chi connectivity index (χ4n) is 3.53. The van der Waals surface area contributed by atoms with Crippen molar-refractivity contribution in [1.82, 2.24) is 4.98 Å². The first kappa shape index (κ1) is 23.7. The number of hydrogen-bond donors (Lipinski definition) is 2. The monoisotopic (exact) mass is 475 g/mol. The number of hydrogen-bond acceptors (Lipinski definition) is 5. The summed E-state index contributed by atoms with van der Waals surface area (Å²) in [7, 11) is 1.18. The van der Waals surface area contributed by atoms with Gasteiger partial charge in [0.25, 0.3) is 11.8 Å². The molecule has 0 unspecified atom stereocenters. The quantitative estimate of drug-likeness (QED) is 0.640. The van der Waals surface area contributed by atoms with Crippen molar-refractivity contribution in [3.8, 4) is 5.75 Å². The number of methoxy groups -OCH3 is 1. The number of anilines is 1. The molecule has 1 aromatic heterocycles. The number of halogens is 5. The Kier molecular flexibility index (Phi) is 6.34. The second-order valence-electron chi connectivity index (χ2n) is 7.34. The third-order valence-corrected chi connectivity index (χ3v) is 5.54. The van der Waals surface area contributed by atoms with Crippen LogP contribution in [0.4, 0.5) is 23.2 Å². The van der Waals surface area contributed by atoms with Crippen LogP contribution in [-0.2, 0) is 9.53 Å². The molecule has 1 aliphatic heterocycles.